The van der Waals surface area contributed by atoms with E-state index in [2.05, 4.69) is 5.32 Å². The number of piperazine rings is 1. The molecule has 1 saturated carbocycles. The van der Waals surface area contributed by atoms with E-state index in [1.54, 1.807) is 0 Å². The van der Waals surface area contributed by atoms with Crippen LogP contribution in [0.15, 0.2) is 0 Å². The largest absolute Gasteiger partial charge is 0.373 e. The zero-order valence-electron chi connectivity index (χ0n) is 11.9. The van der Waals surface area contributed by atoms with Gasteiger partial charge in [0, 0.05) is 0 Å². The zero-order valence-corrected chi connectivity index (χ0v) is 11.9. The van der Waals surface area contributed by atoms with Crippen LogP contribution in [0.4, 0.5) is 0 Å². The Labute approximate surface area is 119 Å². The van der Waals surface area contributed by atoms with E-state index in [1.807, 2.05) is 11.8 Å². The van der Waals surface area contributed by atoms with Crippen molar-refractivity contribution in [2.45, 2.75) is 75.8 Å². The van der Waals surface area contributed by atoms with E-state index in [0.29, 0.717) is 18.4 Å². The van der Waals surface area contributed by atoms with Gasteiger partial charge >= 0.3 is 0 Å². The van der Waals surface area contributed by atoms with Crippen LogP contribution in [0.1, 0.15) is 45.4 Å². The van der Waals surface area contributed by atoms with Crippen LogP contribution in [0.25, 0.3) is 0 Å². The average molecular weight is 278 g/mol. The summed E-state index contributed by atoms with van der Waals surface area (Å²) in [6, 6.07) is -0.451. The van der Waals surface area contributed by atoms with E-state index in [4.69, 9.17) is 4.74 Å². The number of carbonyl (C=O) groups excluding carboxylic acids is 2. The molecule has 5 nitrogen and oxygen atoms in total. The van der Waals surface area contributed by atoms with Gasteiger partial charge in [-0.1, -0.05) is 6.92 Å². The third-order valence-electron chi connectivity index (χ3n) is 5.37. The van der Waals surface area contributed by atoms with Crippen LogP contribution in [0.5, 0.6) is 0 Å². The van der Waals surface area contributed by atoms with Gasteiger partial charge in [-0.25, -0.2) is 0 Å². The fourth-order valence-electron chi connectivity index (χ4n) is 4.18. The van der Waals surface area contributed by atoms with Crippen molar-refractivity contribution in [3.63, 3.8) is 0 Å². The van der Waals surface area contributed by atoms with Crippen molar-refractivity contribution in [2.24, 2.45) is 5.92 Å². The van der Waals surface area contributed by atoms with Crippen LogP contribution in [-0.4, -0.2) is 47.0 Å². The van der Waals surface area contributed by atoms with E-state index in [1.165, 1.54) is 0 Å². The Balaban J connectivity index is 1.62. The highest BCUT2D eigenvalue weighted by Crippen LogP contribution is 2.41. The van der Waals surface area contributed by atoms with Crippen molar-refractivity contribution >= 4 is 11.8 Å². The molecule has 2 bridgehead atoms. The van der Waals surface area contributed by atoms with Gasteiger partial charge in [0.05, 0.1) is 18.2 Å². The van der Waals surface area contributed by atoms with Crippen molar-refractivity contribution in [3.8, 4) is 0 Å². The Morgan fingerprint density at radius 3 is 2.60 bits per heavy atom. The van der Waals surface area contributed by atoms with Gasteiger partial charge in [0.15, 0.2) is 0 Å². The van der Waals surface area contributed by atoms with Crippen molar-refractivity contribution in [2.75, 3.05) is 0 Å². The number of hydrogen-bond donors (Lipinski definition) is 1. The molecule has 3 saturated heterocycles. The number of fused-ring (bicyclic) bond motifs is 2. The maximum Gasteiger partial charge on any atom is 0.246 e. The van der Waals surface area contributed by atoms with E-state index in [0.717, 1.165) is 32.1 Å². The fraction of sp³-hybridized carbons (Fsp3) is 0.867. The molecule has 5 heteroatoms. The molecule has 3 heterocycles. The molecule has 1 aliphatic carbocycles. The molecule has 110 valence electrons. The first-order chi connectivity index (χ1) is 9.69. The Morgan fingerprint density at radius 2 is 2.05 bits per heavy atom. The lowest BCUT2D eigenvalue weighted by Crippen LogP contribution is -2.67. The molecule has 4 rings (SSSR count). The van der Waals surface area contributed by atoms with Crippen LogP contribution >= 0.6 is 0 Å². The summed E-state index contributed by atoms with van der Waals surface area (Å²) in [6.07, 6.45) is 6.33. The third kappa shape index (κ3) is 1.79. The van der Waals surface area contributed by atoms with Crippen molar-refractivity contribution in [3.05, 3.63) is 0 Å². The van der Waals surface area contributed by atoms with Crippen LogP contribution in [0.3, 0.4) is 0 Å². The summed E-state index contributed by atoms with van der Waals surface area (Å²) in [6.45, 7) is 1.98. The molecular weight excluding hydrogens is 256 g/mol. The van der Waals surface area contributed by atoms with E-state index in [9.17, 15) is 9.59 Å². The number of hydrogen-bond acceptors (Lipinski definition) is 3. The predicted octanol–water partition coefficient (Wildman–Crippen LogP) is 0.822. The minimum absolute atomic E-state index is 0.0340. The maximum atomic E-state index is 12.8. The highest BCUT2D eigenvalue weighted by molar-refractivity contribution is 5.97. The summed E-state index contributed by atoms with van der Waals surface area (Å²) < 4.78 is 5.90. The Morgan fingerprint density at radius 1 is 1.25 bits per heavy atom. The minimum atomic E-state index is -0.301. The molecule has 5 unspecified atom stereocenters. The van der Waals surface area contributed by atoms with E-state index in [-0.39, 0.29) is 36.0 Å². The average Bonchev–Trinajstić information content (AvgIpc) is 3.07. The van der Waals surface area contributed by atoms with Gasteiger partial charge in [-0.15, -0.1) is 0 Å². The van der Waals surface area contributed by atoms with Gasteiger partial charge < -0.3 is 15.0 Å². The highest BCUT2D eigenvalue weighted by atomic mass is 16.5. The third-order valence-corrected chi connectivity index (χ3v) is 5.37. The number of amides is 2. The monoisotopic (exact) mass is 278 g/mol. The molecule has 20 heavy (non-hydrogen) atoms. The second-order valence-electron chi connectivity index (χ2n) is 6.67. The Kier molecular flexibility index (Phi) is 2.81. The summed E-state index contributed by atoms with van der Waals surface area (Å²) in [5.41, 5.74) is 0. The quantitative estimate of drug-likeness (QED) is 0.831. The molecule has 0 radical (unpaired) electrons. The van der Waals surface area contributed by atoms with Crippen LogP contribution in [-0.2, 0) is 14.3 Å². The summed E-state index contributed by atoms with van der Waals surface area (Å²) in [7, 11) is 0. The molecule has 0 aromatic carbocycles. The summed E-state index contributed by atoms with van der Waals surface area (Å²) in [5.74, 6) is 0.540. The number of ether oxygens (including phenoxy) is 1. The van der Waals surface area contributed by atoms with Gasteiger partial charge in [-0.3, -0.25) is 9.59 Å². The predicted molar refractivity (Wildman–Crippen MR) is 71.9 cm³/mol. The molecule has 0 aromatic heterocycles. The lowest BCUT2D eigenvalue weighted by atomic mass is 9.90. The van der Waals surface area contributed by atoms with Crippen LogP contribution < -0.4 is 5.32 Å². The number of nitrogens with zero attached hydrogens (tertiary/aromatic N) is 1. The van der Waals surface area contributed by atoms with Crippen LogP contribution in [0, 0.1) is 5.92 Å². The van der Waals surface area contributed by atoms with Gasteiger partial charge in [0.2, 0.25) is 11.8 Å². The zero-order chi connectivity index (χ0) is 13.9. The van der Waals surface area contributed by atoms with Gasteiger partial charge in [0.1, 0.15) is 12.1 Å². The molecule has 0 aromatic rings. The smallest absolute Gasteiger partial charge is 0.246 e. The lowest BCUT2D eigenvalue weighted by molar-refractivity contribution is -0.154. The molecule has 2 amide bonds. The lowest BCUT2D eigenvalue weighted by Gasteiger charge is -2.44. The molecule has 1 N–H and O–H groups in total. The summed E-state index contributed by atoms with van der Waals surface area (Å²) in [5, 5.41) is 2.96. The van der Waals surface area contributed by atoms with E-state index >= 15 is 0 Å². The van der Waals surface area contributed by atoms with Gasteiger partial charge in [-0.2, -0.15) is 0 Å². The highest BCUT2D eigenvalue weighted by Gasteiger charge is 2.53. The summed E-state index contributed by atoms with van der Waals surface area (Å²) >= 11 is 0. The van der Waals surface area contributed by atoms with E-state index < -0.39 is 0 Å². The molecule has 4 fully saturated rings. The number of rotatable bonds is 3. The Bertz CT molecular complexity index is 448. The fourth-order valence-corrected chi connectivity index (χ4v) is 4.18. The minimum Gasteiger partial charge on any atom is -0.373 e. The van der Waals surface area contributed by atoms with Crippen molar-refractivity contribution in [1.29, 1.82) is 0 Å². The first-order valence-corrected chi connectivity index (χ1v) is 7.97. The van der Waals surface area contributed by atoms with Crippen molar-refractivity contribution < 1.29 is 14.3 Å². The number of nitrogens with one attached hydrogen (secondary N) is 1. The topological polar surface area (TPSA) is 58.6 Å². The second kappa shape index (κ2) is 4.45. The normalized spacial score (nSPS) is 44.0. The second-order valence-corrected chi connectivity index (χ2v) is 6.67. The molecule has 3 aliphatic heterocycles. The molecular formula is C15H22N2O3. The standard InChI is InChI=1S/C15H22N2O3/c1-2-10-14(18)16-13(8-3-4-8)15(19)17(10)11-7-9-5-6-12(11)20-9/h8-13H,2-7H2,1H3,(H,16,18). The SMILES string of the molecule is CCC1C(=O)NC(C2CC2)C(=O)N1C1CC2CCC1O2. The van der Waals surface area contributed by atoms with Crippen molar-refractivity contribution in [1.82, 2.24) is 10.2 Å². The Hall–Kier alpha value is -1.10. The maximum absolute atomic E-state index is 12.8. The number of carbonyl (C=O) groups is 2. The molecule has 5 atom stereocenters. The van der Waals surface area contributed by atoms with Crippen LogP contribution in [0.2, 0.25) is 0 Å². The van der Waals surface area contributed by atoms with Gasteiger partial charge in [-0.05, 0) is 44.4 Å². The first kappa shape index (κ1) is 12.6. The first-order valence-electron chi connectivity index (χ1n) is 7.97. The molecule has 0 spiro atoms. The van der Waals surface area contributed by atoms with Gasteiger partial charge in [0.25, 0.3) is 0 Å². The molecule has 4 aliphatic rings. The summed E-state index contributed by atoms with van der Waals surface area (Å²) in [4.78, 5) is 27.1.